The molecule has 1 aliphatic heterocycles. The molecule has 0 aromatic heterocycles. The summed E-state index contributed by atoms with van der Waals surface area (Å²) in [4.78, 5) is 0. The molecule has 3 nitrogen and oxygen atoms in total. The van der Waals surface area contributed by atoms with Crippen LogP contribution in [-0.2, 0) is 4.74 Å². The highest BCUT2D eigenvalue weighted by atomic mass is 16.5. The summed E-state index contributed by atoms with van der Waals surface area (Å²) >= 11 is 0. The van der Waals surface area contributed by atoms with Gasteiger partial charge in [0.25, 0.3) is 0 Å². The minimum atomic E-state index is -0.664. The van der Waals surface area contributed by atoms with Crippen LogP contribution in [0, 0.1) is 0 Å². The molecule has 1 rings (SSSR count). The first-order chi connectivity index (χ1) is 6.52. The van der Waals surface area contributed by atoms with Crippen molar-refractivity contribution in [2.24, 2.45) is 0 Å². The maximum Gasteiger partial charge on any atom is 0.0787 e. The van der Waals surface area contributed by atoms with Gasteiger partial charge in [0, 0.05) is 12.6 Å². The first-order valence-corrected chi connectivity index (χ1v) is 5.68. The Balaban J connectivity index is 2.56. The lowest BCUT2D eigenvalue weighted by atomic mass is 9.94. The van der Waals surface area contributed by atoms with Crippen molar-refractivity contribution < 1.29 is 9.84 Å². The van der Waals surface area contributed by atoms with Crippen molar-refractivity contribution in [3.8, 4) is 0 Å². The monoisotopic (exact) mass is 215 g/mol. The molecule has 0 aliphatic carbocycles. The van der Waals surface area contributed by atoms with Crippen LogP contribution in [0.25, 0.3) is 0 Å². The molecule has 0 amide bonds. The number of nitrogens with one attached hydrogen (secondary N) is 1. The highest BCUT2D eigenvalue weighted by Crippen LogP contribution is 2.37. The normalized spacial score (nSPS) is 29.4. The largest absolute Gasteiger partial charge is 0.389 e. The fourth-order valence-corrected chi connectivity index (χ4v) is 2.25. The number of hydrogen-bond acceptors (Lipinski definition) is 3. The summed E-state index contributed by atoms with van der Waals surface area (Å²) in [5, 5.41) is 13.1. The lowest BCUT2D eigenvalue weighted by Crippen LogP contribution is -2.48. The second-order valence-electron chi connectivity index (χ2n) is 6.42. The van der Waals surface area contributed by atoms with E-state index in [1.807, 2.05) is 13.8 Å². The lowest BCUT2D eigenvalue weighted by Gasteiger charge is -2.29. The summed E-state index contributed by atoms with van der Waals surface area (Å²) in [6.07, 6.45) is 0.982. The molecule has 0 saturated carbocycles. The molecule has 1 aliphatic rings. The van der Waals surface area contributed by atoms with Crippen LogP contribution in [0.2, 0.25) is 0 Å². The Morgan fingerprint density at radius 3 is 2.20 bits per heavy atom. The predicted octanol–water partition coefficient (Wildman–Crippen LogP) is 1.69. The molecule has 1 unspecified atom stereocenters. The first kappa shape index (κ1) is 12.9. The number of rotatable bonds is 3. The second-order valence-corrected chi connectivity index (χ2v) is 6.42. The van der Waals surface area contributed by atoms with Crippen molar-refractivity contribution in [1.29, 1.82) is 0 Å². The third-order valence-electron chi connectivity index (χ3n) is 2.86. The first-order valence-electron chi connectivity index (χ1n) is 5.68. The summed E-state index contributed by atoms with van der Waals surface area (Å²) in [7, 11) is 0. The summed E-state index contributed by atoms with van der Waals surface area (Å²) < 4.78 is 5.97. The molecule has 0 aromatic carbocycles. The molecule has 1 fully saturated rings. The third-order valence-corrected chi connectivity index (χ3v) is 2.86. The van der Waals surface area contributed by atoms with Crippen molar-refractivity contribution in [1.82, 2.24) is 5.32 Å². The van der Waals surface area contributed by atoms with E-state index in [1.54, 1.807) is 0 Å². The number of ether oxygens (including phenoxy) is 1. The molecule has 3 heteroatoms. The van der Waals surface area contributed by atoms with E-state index >= 15 is 0 Å². The smallest absolute Gasteiger partial charge is 0.0787 e. The van der Waals surface area contributed by atoms with Gasteiger partial charge in [-0.3, -0.25) is 0 Å². The summed E-state index contributed by atoms with van der Waals surface area (Å²) in [5.74, 6) is 0. The average Bonchev–Trinajstić information content (AvgIpc) is 2.13. The van der Waals surface area contributed by atoms with E-state index in [9.17, 15) is 5.11 Å². The topological polar surface area (TPSA) is 41.5 Å². The van der Waals surface area contributed by atoms with E-state index in [1.165, 1.54) is 0 Å². The van der Waals surface area contributed by atoms with Crippen molar-refractivity contribution >= 4 is 0 Å². The fourth-order valence-electron chi connectivity index (χ4n) is 2.25. The molecule has 15 heavy (non-hydrogen) atoms. The molecule has 0 bridgehead atoms. The van der Waals surface area contributed by atoms with Crippen LogP contribution < -0.4 is 5.32 Å². The molecule has 2 N–H and O–H groups in total. The lowest BCUT2D eigenvalue weighted by molar-refractivity contribution is -0.0707. The van der Waals surface area contributed by atoms with Gasteiger partial charge in [-0.05, 0) is 48.0 Å². The van der Waals surface area contributed by atoms with Gasteiger partial charge in [0.15, 0.2) is 0 Å². The van der Waals surface area contributed by atoms with E-state index in [2.05, 4.69) is 33.0 Å². The van der Waals surface area contributed by atoms with Crippen LogP contribution in [-0.4, -0.2) is 34.5 Å². The van der Waals surface area contributed by atoms with Gasteiger partial charge >= 0.3 is 0 Å². The molecule has 0 aromatic rings. The molecular formula is C12H25NO2. The molecule has 1 atom stereocenters. The zero-order valence-corrected chi connectivity index (χ0v) is 10.8. The zero-order chi connectivity index (χ0) is 11.9. The van der Waals surface area contributed by atoms with Crippen LogP contribution in [0.15, 0.2) is 0 Å². The Labute approximate surface area is 93.2 Å². The van der Waals surface area contributed by atoms with Gasteiger partial charge < -0.3 is 15.2 Å². The summed E-state index contributed by atoms with van der Waals surface area (Å²) in [5.41, 5.74) is -0.891. The molecule has 0 spiro atoms. The standard InChI is InChI=1S/C12H25NO2/c1-10(2,14)8-13-9-7-11(3,4)15-12(9,5)6/h9,13-14H,7-8H2,1-6H3. The van der Waals surface area contributed by atoms with Crippen LogP contribution in [0.3, 0.4) is 0 Å². The molecule has 90 valence electrons. The van der Waals surface area contributed by atoms with E-state index in [4.69, 9.17) is 4.74 Å². The van der Waals surface area contributed by atoms with Gasteiger partial charge in [0.1, 0.15) is 0 Å². The van der Waals surface area contributed by atoms with E-state index in [0.29, 0.717) is 12.6 Å². The van der Waals surface area contributed by atoms with Gasteiger partial charge in [-0.2, -0.15) is 0 Å². The van der Waals surface area contributed by atoms with Crippen molar-refractivity contribution in [2.45, 2.75) is 70.8 Å². The Kier molecular flexibility index (Phi) is 3.21. The van der Waals surface area contributed by atoms with E-state index in [-0.39, 0.29) is 11.2 Å². The minimum Gasteiger partial charge on any atom is -0.389 e. The van der Waals surface area contributed by atoms with Crippen LogP contribution >= 0.6 is 0 Å². The van der Waals surface area contributed by atoms with Gasteiger partial charge in [-0.15, -0.1) is 0 Å². The predicted molar refractivity (Wildman–Crippen MR) is 61.9 cm³/mol. The van der Waals surface area contributed by atoms with Crippen LogP contribution in [0.5, 0.6) is 0 Å². The van der Waals surface area contributed by atoms with E-state index < -0.39 is 5.60 Å². The maximum atomic E-state index is 9.67. The Bertz CT molecular complexity index is 228. The summed E-state index contributed by atoms with van der Waals surface area (Å²) in [6, 6.07) is 0.305. The Hall–Kier alpha value is -0.120. The van der Waals surface area contributed by atoms with Gasteiger partial charge in [0.05, 0.1) is 16.8 Å². The Morgan fingerprint density at radius 2 is 1.87 bits per heavy atom. The third kappa shape index (κ3) is 3.74. The molecule has 0 radical (unpaired) electrons. The van der Waals surface area contributed by atoms with Crippen molar-refractivity contribution in [2.75, 3.05) is 6.54 Å². The second kappa shape index (κ2) is 3.72. The van der Waals surface area contributed by atoms with Crippen molar-refractivity contribution in [3.63, 3.8) is 0 Å². The molecule has 1 heterocycles. The number of hydrogen-bond donors (Lipinski definition) is 2. The fraction of sp³-hybridized carbons (Fsp3) is 1.00. The quantitative estimate of drug-likeness (QED) is 0.753. The van der Waals surface area contributed by atoms with Crippen molar-refractivity contribution in [3.05, 3.63) is 0 Å². The van der Waals surface area contributed by atoms with Gasteiger partial charge in [0.2, 0.25) is 0 Å². The van der Waals surface area contributed by atoms with E-state index in [0.717, 1.165) is 6.42 Å². The molecular weight excluding hydrogens is 190 g/mol. The SMILES string of the molecule is CC(C)(O)CNC1CC(C)(C)OC1(C)C. The number of aliphatic hydroxyl groups is 1. The maximum absolute atomic E-state index is 9.67. The van der Waals surface area contributed by atoms with Crippen LogP contribution in [0.4, 0.5) is 0 Å². The Morgan fingerprint density at radius 1 is 1.33 bits per heavy atom. The minimum absolute atomic E-state index is 0.0687. The van der Waals surface area contributed by atoms with Gasteiger partial charge in [-0.1, -0.05) is 0 Å². The zero-order valence-electron chi connectivity index (χ0n) is 10.8. The highest BCUT2D eigenvalue weighted by Gasteiger charge is 2.45. The van der Waals surface area contributed by atoms with Crippen LogP contribution in [0.1, 0.15) is 48.0 Å². The highest BCUT2D eigenvalue weighted by molar-refractivity contribution is 4.99. The summed E-state index contributed by atoms with van der Waals surface area (Å²) in [6.45, 7) is 12.6. The molecule has 1 saturated heterocycles. The average molecular weight is 215 g/mol. The van der Waals surface area contributed by atoms with Gasteiger partial charge in [-0.25, -0.2) is 0 Å².